The van der Waals surface area contributed by atoms with Crippen molar-refractivity contribution in [3.63, 3.8) is 0 Å². The summed E-state index contributed by atoms with van der Waals surface area (Å²) >= 11 is 0. The molecule has 0 saturated carbocycles. The highest BCUT2D eigenvalue weighted by atomic mass is 32.2. The number of amides is 1. The molecule has 11 heteroatoms. The van der Waals surface area contributed by atoms with Gasteiger partial charge in [-0.05, 0) is 41.0 Å². The number of rotatable bonds is 7. The van der Waals surface area contributed by atoms with Crippen LogP contribution in [0.3, 0.4) is 0 Å². The van der Waals surface area contributed by atoms with E-state index in [-0.39, 0.29) is 30.3 Å². The van der Waals surface area contributed by atoms with Crippen molar-refractivity contribution in [3.8, 4) is 22.6 Å². The van der Waals surface area contributed by atoms with Crippen LogP contribution in [0.2, 0.25) is 0 Å². The third-order valence-electron chi connectivity index (χ3n) is 4.70. The molecule has 1 fully saturated rings. The molecule has 1 aliphatic rings. The second-order valence-electron chi connectivity index (χ2n) is 7.31. The molecule has 3 aromatic rings. The molecule has 3 aromatic carbocycles. The van der Waals surface area contributed by atoms with Crippen LogP contribution in [0.4, 0.5) is 5.69 Å². The van der Waals surface area contributed by atoms with Crippen LogP contribution in [0.25, 0.3) is 11.1 Å². The number of hydrogen-bond donors (Lipinski definition) is 1. The van der Waals surface area contributed by atoms with Gasteiger partial charge in [-0.25, -0.2) is 9.03 Å². The Balaban J connectivity index is 1.73. The highest BCUT2D eigenvalue weighted by Crippen LogP contribution is 2.37. The van der Waals surface area contributed by atoms with Crippen LogP contribution in [-0.2, 0) is 31.7 Å². The van der Waals surface area contributed by atoms with Gasteiger partial charge in [0.15, 0.2) is 0 Å². The number of anilines is 1. The van der Waals surface area contributed by atoms with Gasteiger partial charge in [0.1, 0.15) is 24.7 Å². The van der Waals surface area contributed by atoms with Crippen LogP contribution in [0.15, 0.2) is 72.8 Å². The first-order chi connectivity index (χ1) is 15.6. The summed E-state index contributed by atoms with van der Waals surface area (Å²) in [4.78, 5) is 11.8. The smallest absolute Gasteiger partial charge is 0.326 e. The molecule has 1 N–H and O–H groups in total. The van der Waals surface area contributed by atoms with Crippen LogP contribution in [0, 0.1) is 0 Å². The highest BCUT2D eigenvalue weighted by molar-refractivity contribution is 7.92. The maximum absolute atomic E-state index is 12.5. The minimum Gasteiger partial charge on any atom is -0.487 e. The second kappa shape index (κ2) is 8.75. The summed E-state index contributed by atoms with van der Waals surface area (Å²) in [5, 5.41) is 0. The molecule has 0 spiro atoms. The van der Waals surface area contributed by atoms with Crippen LogP contribution in [-0.4, -0.2) is 35.5 Å². The fourth-order valence-electron chi connectivity index (χ4n) is 3.31. The first-order valence-electron chi connectivity index (χ1n) is 9.75. The van der Waals surface area contributed by atoms with E-state index < -0.39 is 26.2 Å². The number of nitrogens with one attached hydrogen (secondary N) is 1. The first-order valence-corrected chi connectivity index (χ1v) is 13.0. The average Bonchev–Trinajstić information content (AvgIpc) is 3.03. The Morgan fingerprint density at radius 3 is 2.36 bits per heavy atom. The van der Waals surface area contributed by atoms with Gasteiger partial charge in [-0.15, -0.1) is 0 Å². The molecule has 9 nitrogen and oxygen atoms in total. The summed E-state index contributed by atoms with van der Waals surface area (Å²) < 4.78 is 61.7. The molecular formula is C22H20N2O7S2. The fourth-order valence-corrected chi connectivity index (χ4v) is 4.92. The highest BCUT2D eigenvalue weighted by Gasteiger charge is 2.36. The van der Waals surface area contributed by atoms with Gasteiger partial charge >= 0.3 is 20.3 Å². The van der Waals surface area contributed by atoms with E-state index in [0.717, 1.165) is 16.1 Å². The summed E-state index contributed by atoms with van der Waals surface area (Å²) in [6, 6.07) is 20.6. The van der Waals surface area contributed by atoms with Crippen molar-refractivity contribution in [2.45, 2.75) is 6.61 Å². The first kappa shape index (κ1) is 22.6. The van der Waals surface area contributed by atoms with Crippen LogP contribution in [0.1, 0.15) is 5.56 Å². The van der Waals surface area contributed by atoms with E-state index in [1.165, 1.54) is 12.1 Å². The summed E-state index contributed by atoms with van der Waals surface area (Å²) in [6.07, 6.45) is 0.943. The number of ether oxygens (including phenoxy) is 1. The molecule has 33 heavy (non-hydrogen) atoms. The largest absolute Gasteiger partial charge is 0.487 e. The zero-order valence-electron chi connectivity index (χ0n) is 17.5. The van der Waals surface area contributed by atoms with Gasteiger partial charge in [0.25, 0.3) is 5.91 Å². The van der Waals surface area contributed by atoms with Gasteiger partial charge in [0.2, 0.25) is 0 Å². The lowest BCUT2D eigenvalue weighted by atomic mass is 10.0. The molecule has 0 aliphatic carbocycles. The molecular weight excluding hydrogens is 468 g/mol. The van der Waals surface area contributed by atoms with Crippen molar-refractivity contribution in [2.24, 2.45) is 0 Å². The quantitative estimate of drug-likeness (QED) is 0.508. The second-order valence-corrected chi connectivity index (χ2v) is 10.5. The van der Waals surface area contributed by atoms with Gasteiger partial charge in [-0.2, -0.15) is 16.8 Å². The monoisotopic (exact) mass is 488 g/mol. The molecule has 4 rings (SSSR count). The Kier molecular flexibility index (Phi) is 6.00. The predicted octanol–water partition coefficient (Wildman–Crippen LogP) is 2.45. The van der Waals surface area contributed by atoms with E-state index in [0.29, 0.717) is 11.1 Å². The number of carbonyl (C=O) groups excluding carboxylic acids is 1. The number of hydrogen-bond acceptors (Lipinski definition) is 7. The number of nitrogens with zero attached hydrogens (tertiary/aromatic N) is 1. The summed E-state index contributed by atoms with van der Waals surface area (Å²) in [5.74, 6) is -0.268. The van der Waals surface area contributed by atoms with Crippen molar-refractivity contribution < 1.29 is 30.6 Å². The molecule has 0 aromatic heterocycles. The van der Waals surface area contributed by atoms with Crippen molar-refractivity contribution in [1.29, 1.82) is 0 Å². The molecule has 172 valence electrons. The Hall–Kier alpha value is -3.57. The van der Waals surface area contributed by atoms with Gasteiger partial charge in [-0.3, -0.25) is 4.79 Å². The maximum atomic E-state index is 12.5. The lowest BCUT2D eigenvalue weighted by Gasteiger charge is -2.20. The molecule has 1 amide bonds. The van der Waals surface area contributed by atoms with Gasteiger partial charge < -0.3 is 8.92 Å². The Bertz CT molecular complexity index is 1410. The number of benzene rings is 3. The zero-order chi connectivity index (χ0) is 23.6. The average molecular weight is 489 g/mol. The fraction of sp³-hybridized carbons (Fsp3) is 0.136. The van der Waals surface area contributed by atoms with Gasteiger partial charge in [0, 0.05) is 0 Å². The summed E-state index contributed by atoms with van der Waals surface area (Å²) in [7, 11) is -7.79. The lowest BCUT2D eigenvalue weighted by Crippen LogP contribution is -2.29. The zero-order valence-corrected chi connectivity index (χ0v) is 19.1. The summed E-state index contributed by atoms with van der Waals surface area (Å²) in [6.45, 7) is -0.190. The third-order valence-corrected chi connectivity index (χ3v) is 6.59. The van der Waals surface area contributed by atoms with Crippen LogP contribution < -0.4 is 17.9 Å². The topological polar surface area (TPSA) is 119 Å². The van der Waals surface area contributed by atoms with Crippen molar-refractivity contribution in [1.82, 2.24) is 4.72 Å². The Labute approximate surface area is 191 Å². The normalized spacial score (nSPS) is 15.2. The SMILES string of the molecule is CS(=O)(=O)Oc1cccc(-c2ccc(OCc3ccccc3)c(N3CC(=O)NS3(=O)=O)c2)c1. The van der Waals surface area contributed by atoms with Crippen molar-refractivity contribution in [2.75, 3.05) is 17.1 Å². The molecule has 0 bridgehead atoms. The van der Waals surface area contributed by atoms with Gasteiger partial charge in [0.05, 0.1) is 11.9 Å². The molecule has 1 saturated heterocycles. The molecule has 1 aliphatic heterocycles. The third kappa shape index (κ3) is 5.44. The van der Waals surface area contributed by atoms with E-state index in [2.05, 4.69) is 0 Å². The van der Waals surface area contributed by atoms with E-state index in [9.17, 15) is 21.6 Å². The molecule has 0 radical (unpaired) electrons. The van der Waals surface area contributed by atoms with E-state index in [1.807, 2.05) is 35.1 Å². The maximum Gasteiger partial charge on any atom is 0.326 e. The molecule has 0 atom stereocenters. The predicted molar refractivity (Wildman–Crippen MR) is 123 cm³/mol. The van der Waals surface area contributed by atoms with E-state index in [1.54, 1.807) is 30.3 Å². The number of carbonyl (C=O) groups is 1. The van der Waals surface area contributed by atoms with E-state index >= 15 is 0 Å². The van der Waals surface area contributed by atoms with Crippen molar-refractivity contribution >= 4 is 31.9 Å². The van der Waals surface area contributed by atoms with Crippen LogP contribution >= 0.6 is 0 Å². The summed E-state index contributed by atoms with van der Waals surface area (Å²) in [5.41, 5.74) is 2.22. The van der Waals surface area contributed by atoms with Gasteiger partial charge in [-0.1, -0.05) is 48.5 Å². The Morgan fingerprint density at radius 1 is 0.970 bits per heavy atom. The minimum atomic E-state index is -4.08. The lowest BCUT2D eigenvalue weighted by molar-refractivity contribution is -0.117. The van der Waals surface area contributed by atoms with Crippen LogP contribution in [0.5, 0.6) is 11.5 Å². The molecule has 1 heterocycles. The minimum absolute atomic E-state index is 0.117. The molecule has 0 unspecified atom stereocenters. The van der Waals surface area contributed by atoms with E-state index in [4.69, 9.17) is 8.92 Å². The van der Waals surface area contributed by atoms with Crippen molar-refractivity contribution in [3.05, 3.63) is 78.4 Å². The standard InChI is InChI=1S/C22H20N2O7S2/c1-32(26,27)31-19-9-5-8-17(12-19)18-10-11-21(30-15-16-6-3-2-4-7-16)20(13-18)24-14-22(25)23-33(24,28)29/h2-13H,14-15H2,1H3,(H,23,25). The Morgan fingerprint density at radius 2 is 1.70 bits per heavy atom.